The average molecular weight is 569 g/mol. The summed E-state index contributed by atoms with van der Waals surface area (Å²) in [6.07, 6.45) is -0.321. The van der Waals surface area contributed by atoms with E-state index in [1.165, 1.54) is 19.2 Å². The summed E-state index contributed by atoms with van der Waals surface area (Å²) in [5.41, 5.74) is 0.904. The van der Waals surface area contributed by atoms with Crippen molar-refractivity contribution in [2.24, 2.45) is 0 Å². The predicted molar refractivity (Wildman–Crippen MR) is 152 cm³/mol. The lowest BCUT2D eigenvalue weighted by molar-refractivity contribution is -0.146. The second-order valence-electron chi connectivity index (χ2n) is 10.2. The number of esters is 1. The van der Waals surface area contributed by atoms with Crippen LogP contribution in [0.5, 0.6) is 5.75 Å². The highest BCUT2D eigenvalue weighted by Crippen LogP contribution is 2.17. The van der Waals surface area contributed by atoms with Crippen LogP contribution in [0.4, 0.5) is 4.79 Å². The summed E-state index contributed by atoms with van der Waals surface area (Å²) in [6, 6.07) is 22.6. The van der Waals surface area contributed by atoms with Crippen LogP contribution in [0.2, 0.25) is 0 Å². The lowest BCUT2D eigenvalue weighted by Crippen LogP contribution is -2.47. The molecule has 9 nitrogen and oxygen atoms in total. The Morgan fingerprint density at radius 2 is 1.38 bits per heavy atom. The summed E-state index contributed by atoms with van der Waals surface area (Å²) in [7, 11) is -2.45. The fourth-order valence-corrected chi connectivity index (χ4v) is 5.07. The van der Waals surface area contributed by atoms with Crippen LogP contribution in [0.15, 0.2) is 89.8 Å². The Hall–Kier alpha value is -3.89. The van der Waals surface area contributed by atoms with Gasteiger partial charge in [-0.25, -0.2) is 22.7 Å². The van der Waals surface area contributed by atoms with Crippen LogP contribution < -0.4 is 14.8 Å². The Bertz CT molecular complexity index is 1340. The molecule has 40 heavy (non-hydrogen) atoms. The first-order valence-electron chi connectivity index (χ1n) is 12.9. The zero-order valence-corrected chi connectivity index (χ0v) is 23.9. The van der Waals surface area contributed by atoms with Crippen molar-refractivity contribution in [1.29, 1.82) is 0 Å². The molecule has 0 aliphatic rings. The molecule has 3 aromatic rings. The fourth-order valence-electron chi connectivity index (χ4n) is 3.85. The van der Waals surface area contributed by atoms with E-state index in [2.05, 4.69) is 10.0 Å². The highest BCUT2D eigenvalue weighted by molar-refractivity contribution is 7.89. The second kappa shape index (κ2) is 14.0. The van der Waals surface area contributed by atoms with Gasteiger partial charge in [-0.05, 0) is 62.6 Å². The number of hydrogen-bond donors (Lipinski definition) is 2. The smallest absolute Gasteiger partial charge is 0.408 e. The molecule has 0 saturated carbocycles. The van der Waals surface area contributed by atoms with E-state index in [1.807, 2.05) is 60.7 Å². The van der Waals surface area contributed by atoms with Gasteiger partial charge >= 0.3 is 12.1 Å². The molecule has 3 aromatic carbocycles. The third-order valence-corrected chi connectivity index (χ3v) is 7.24. The second-order valence-corrected chi connectivity index (χ2v) is 11.9. The number of carbonyl (C=O) groups is 2. The van der Waals surface area contributed by atoms with E-state index in [4.69, 9.17) is 14.2 Å². The van der Waals surface area contributed by atoms with Crippen LogP contribution in [0.1, 0.15) is 31.9 Å². The SMILES string of the molecule is COc1ccc(S(=O)(=O)N[C@H](COC(=O)[C@@H](Cc2ccccc2)NC(=O)OC(C)(C)C)Cc2ccccc2)cc1. The molecule has 0 aromatic heterocycles. The van der Waals surface area contributed by atoms with E-state index < -0.39 is 39.8 Å². The minimum atomic E-state index is -3.95. The summed E-state index contributed by atoms with van der Waals surface area (Å²) >= 11 is 0. The van der Waals surface area contributed by atoms with Crippen molar-refractivity contribution in [1.82, 2.24) is 10.0 Å². The van der Waals surface area contributed by atoms with Gasteiger partial charge in [0.25, 0.3) is 0 Å². The number of benzene rings is 3. The maximum Gasteiger partial charge on any atom is 0.408 e. The van der Waals surface area contributed by atoms with Crippen molar-refractivity contribution in [2.75, 3.05) is 13.7 Å². The monoisotopic (exact) mass is 568 g/mol. The minimum Gasteiger partial charge on any atom is -0.497 e. The van der Waals surface area contributed by atoms with Gasteiger partial charge in [0.15, 0.2) is 0 Å². The van der Waals surface area contributed by atoms with Crippen LogP contribution in [0.3, 0.4) is 0 Å². The number of rotatable bonds is 12. The van der Waals surface area contributed by atoms with Gasteiger partial charge in [-0.1, -0.05) is 60.7 Å². The molecule has 0 aliphatic carbocycles. The van der Waals surface area contributed by atoms with Gasteiger partial charge in [0.05, 0.1) is 18.0 Å². The van der Waals surface area contributed by atoms with Gasteiger partial charge in [-0.2, -0.15) is 0 Å². The summed E-state index contributed by atoms with van der Waals surface area (Å²) in [5.74, 6) is -0.188. The summed E-state index contributed by atoms with van der Waals surface area (Å²) in [5, 5.41) is 2.59. The van der Waals surface area contributed by atoms with Crippen molar-refractivity contribution in [2.45, 2.75) is 56.2 Å². The Kier molecular flexibility index (Phi) is 10.7. The van der Waals surface area contributed by atoms with Crippen LogP contribution in [0, 0.1) is 0 Å². The van der Waals surface area contributed by atoms with Gasteiger partial charge in [-0.3, -0.25) is 0 Å². The van der Waals surface area contributed by atoms with Gasteiger partial charge < -0.3 is 19.5 Å². The number of carbonyl (C=O) groups excluding carboxylic acids is 2. The molecule has 0 heterocycles. The third kappa shape index (κ3) is 10.0. The Labute approximate surface area is 235 Å². The van der Waals surface area contributed by atoms with Crippen molar-refractivity contribution in [3.8, 4) is 5.75 Å². The molecular formula is C30H36N2O7S. The van der Waals surface area contributed by atoms with Crippen molar-refractivity contribution >= 4 is 22.1 Å². The zero-order valence-electron chi connectivity index (χ0n) is 23.1. The van der Waals surface area contributed by atoms with E-state index in [0.29, 0.717) is 5.75 Å². The quantitative estimate of drug-likeness (QED) is 0.313. The number of sulfonamides is 1. The standard InChI is InChI=1S/C30H36N2O7S/c1-30(2,3)39-29(34)31-27(20-23-13-9-6-10-14-23)28(33)38-21-24(19-22-11-7-5-8-12-22)32-40(35,36)26-17-15-25(37-4)16-18-26/h5-18,24,27,32H,19-21H2,1-4H3,(H,31,34)/t24-,27+/m0/s1. The zero-order chi connectivity index (χ0) is 29.2. The van der Waals surface area contributed by atoms with E-state index in [0.717, 1.165) is 11.1 Å². The lowest BCUT2D eigenvalue weighted by Gasteiger charge is -2.24. The fraction of sp³-hybridized carbons (Fsp3) is 0.333. The Morgan fingerprint density at radius 3 is 1.90 bits per heavy atom. The van der Waals surface area contributed by atoms with Gasteiger partial charge in [0, 0.05) is 6.42 Å². The number of hydrogen-bond acceptors (Lipinski definition) is 7. The topological polar surface area (TPSA) is 120 Å². The lowest BCUT2D eigenvalue weighted by atomic mass is 10.1. The normalized spacial score (nSPS) is 13.1. The highest BCUT2D eigenvalue weighted by Gasteiger charge is 2.28. The van der Waals surface area contributed by atoms with Crippen LogP contribution >= 0.6 is 0 Å². The van der Waals surface area contributed by atoms with Gasteiger partial charge in [0.1, 0.15) is 24.0 Å². The molecule has 2 N–H and O–H groups in total. The molecule has 0 unspecified atom stereocenters. The molecule has 1 amide bonds. The number of amides is 1. The molecule has 0 aliphatic heterocycles. The molecule has 3 rings (SSSR count). The van der Waals surface area contributed by atoms with Crippen molar-refractivity contribution < 1.29 is 32.2 Å². The summed E-state index contributed by atoms with van der Waals surface area (Å²) in [6.45, 7) is 4.91. The van der Waals surface area contributed by atoms with E-state index in [9.17, 15) is 18.0 Å². The Balaban J connectivity index is 1.77. The third-order valence-electron chi connectivity index (χ3n) is 5.70. The Morgan fingerprint density at radius 1 is 0.825 bits per heavy atom. The molecule has 10 heteroatoms. The van der Waals surface area contributed by atoms with Crippen molar-refractivity contribution in [3.63, 3.8) is 0 Å². The molecule has 214 valence electrons. The maximum absolute atomic E-state index is 13.2. The molecule has 2 atom stereocenters. The first-order chi connectivity index (χ1) is 18.9. The van der Waals surface area contributed by atoms with Crippen molar-refractivity contribution in [3.05, 3.63) is 96.1 Å². The number of methoxy groups -OCH3 is 1. The number of nitrogens with one attached hydrogen (secondary N) is 2. The van der Waals surface area contributed by atoms with E-state index in [-0.39, 0.29) is 24.3 Å². The molecule has 0 fully saturated rings. The van der Waals surface area contributed by atoms with Crippen LogP contribution in [-0.4, -0.2) is 51.9 Å². The highest BCUT2D eigenvalue weighted by atomic mass is 32.2. The maximum atomic E-state index is 13.2. The van der Waals surface area contributed by atoms with Crippen LogP contribution in [0.25, 0.3) is 0 Å². The molecule has 0 saturated heterocycles. The molecule has 0 bridgehead atoms. The summed E-state index contributed by atoms with van der Waals surface area (Å²) in [4.78, 5) is 25.8. The predicted octanol–water partition coefficient (Wildman–Crippen LogP) is 4.26. The number of alkyl carbamates (subject to hydrolysis) is 1. The largest absolute Gasteiger partial charge is 0.497 e. The summed E-state index contributed by atoms with van der Waals surface area (Å²) < 4.78 is 45.0. The first kappa shape index (κ1) is 30.6. The molecular weight excluding hydrogens is 532 g/mol. The van der Waals surface area contributed by atoms with Gasteiger partial charge in [-0.15, -0.1) is 0 Å². The number of ether oxygens (including phenoxy) is 3. The molecule has 0 spiro atoms. The van der Waals surface area contributed by atoms with Crippen LogP contribution in [-0.2, 0) is 37.1 Å². The average Bonchev–Trinajstić information content (AvgIpc) is 2.91. The minimum absolute atomic E-state index is 0.0474. The first-order valence-corrected chi connectivity index (χ1v) is 14.3. The molecule has 0 radical (unpaired) electrons. The van der Waals surface area contributed by atoms with Gasteiger partial charge in [0.2, 0.25) is 10.0 Å². The van der Waals surface area contributed by atoms with E-state index >= 15 is 0 Å². The van der Waals surface area contributed by atoms with E-state index in [1.54, 1.807) is 32.9 Å².